The van der Waals surface area contributed by atoms with Crippen molar-refractivity contribution in [1.82, 2.24) is 9.78 Å². The van der Waals surface area contributed by atoms with Crippen molar-refractivity contribution in [3.63, 3.8) is 0 Å². The van der Waals surface area contributed by atoms with Crippen molar-refractivity contribution in [2.45, 2.75) is 6.92 Å². The summed E-state index contributed by atoms with van der Waals surface area (Å²) in [6.07, 6.45) is 0. The summed E-state index contributed by atoms with van der Waals surface area (Å²) in [5.41, 5.74) is -0.174. The molecule has 1 aromatic heterocycles. The van der Waals surface area contributed by atoms with E-state index in [4.69, 9.17) is 4.74 Å². The standard InChI is InChI=1S/C11H11FN2O2/c1-2-16-10-7-11(15)14(13-10)9-6-4-3-5-8(9)12/h3-7,13H,2H2,1H3. The molecule has 0 atom stereocenters. The van der Waals surface area contributed by atoms with Crippen molar-refractivity contribution < 1.29 is 9.13 Å². The van der Waals surface area contributed by atoms with Gasteiger partial charge in [-0.15, -0.1) is 0 Å². The first-order valence-electron chi connectivity index (χ1n) is 4.92. The zero-order valence-electron chi connectivity index (χ0n) is 8.74. The maximum absolute atomic E-state index is 13.4. The molecule has 0 unspecified atom stereocenters. The Morgan fingerprint density at radius 2 is 2.19 bits per heavy atom. The van der Waals surface area contributed by atoms with Crippen LogP contribution in [0, 0.1) is 5.82 Å². The van der Waals surface area contributed by atoms with Crippen LogP contribution in [0.3, 0.4) is 0 Å². The number of hydrogen-bond acceptors (Lipinski definition) is 2. The molecule has 0 aliphatic heterocycles. The minimum Gasteiger partial charge on any atom is -0.478 e. The molecule has 1 aromatic carbocycles. The number of H-pyrrole nitrogens is 1. The van der Waals surface area contributed by atoms with E-state index in [1.54, 1.807) is 19.1 Å². The van der Waals surface area contributed by atoms with E-state index in [1.807, 2.05) is 0 Å². The van der Waals surface area contributed by atoms with Crippen LogP contribution in [0.25, 0.3) is 5.69 Å². The van der Waals surface area contributed by atoms with Crippen LogP contribution < -0.4 is 10.3 Å². The number of nitrogens with one attached hydrogen (secondary N) is 1. The van der Waals surface area contributed by atoms with E-state index < -0.39 is 5.82 Å². The summed E-state index contributed by atoms with van der Waals surface area (Å²) < 4.78 is 19.7. The van der Waals surface area contributed by atoms with Crippen molar-refractivity contribution in [3.05, 3.63) is 46.5 Å². The van der Waals surface area contributed by atoms with E-state index in [-0.39, 0.29) is 11.2 Å². The summed E-state index contributed by atoms with van der Waals surface area (Å²) in [6, 6.07) is 7.32. The first kappa shape index (κ1) is 10.5. The molecule has 16 heavy (non-hydrogen) atoms. The van der Waals surface area contributed by atoms with Gasteiger partial charge in [0.1, 0.15) is 11.5 Å². The molecular formula is C11H11FN2O2. The van der Waals surface area contributed by atoms with Crippen LogP contribution in [-0.2, 0) is 0 Å². The molecule has 0 aliphatic rings. The maximum Gasteiger partial charge on any atom is 0.275 e. The molecule has 0 bridgehead atoms. The fourth-order valence-corrected chi connectivity index (χ4v) is 1.42. The van der Waals surface area contributed by atoms with Crippen molar-refractivity contribution in [2.75, 3.05) is 6.61 Å². The molecule has 0 fully saturated rings. The topological polar surface area (TPSA) is 47.0 Å². The Morgan fingerprint density at radius 3 is 2.88 bits per heavy atom. The van der Waals surface area contributed by atoms with Gasteiger partial charge in [0.15, 0.2) is 0 Å². The lowest BCUT2D eigenvalue weighted by atomic mass is 10.3. The molecule has 5 heteroatoms. The Kier molecular flexibility index (Phi) is 2.76. The molecule has 1 N–H and O–H groups in total. The Hall–Kier alpha value is -2.04. The Balaban J connectivity index is 2.48. The monoisotopic (exact) mass is 222 g/mol. The van der Waals surface area contributed by atoms with Crippen LogP contribution in [0.4, 0.5) is 4.39 Å². The summed E-state index contributed by atoms with van der Waals surface area (Å²) in [4.78, 5) is 11.6. The summed E-state index contributed by atoms with van der Waals surface area (Å²) in [5, 5.41) is 2.68. The molecule has 1 heterocycles. The van der Waals surface area contributed by atoms with Crippen molar-refractivity contribution in [1.29, 1.82) is 0 Å². The average Bonchev–Trinajstić information content (AvgIpc) is 2.61. The third-order valence-corrected chi connectivity index (χ3v) is 2.09. The molecule has 0 radical (unpaired) electrons. The maximum atomic E-state index is 13.4. The zero-order chi connectivity index (χ0) is 11.5. The number of para-hydroxylation sites is 1. The highest BCUT2D eigenvalue weighted by Crippen LogP contribution is 2.11. The SMILES string of the molecule is CCOc1cc(=O)n(-c2ccccc2F)[nH]1. The van der Waals surface area contributed by atoms with Crippen molar-refractivity contribution in [3.8, 4) is 11.6 Å². The number of nitrogens with zero attached hydrogens (tertiary/aromatic N) is 1. The fraction of sp³-hybridized carbons (Fsp3) is 0.182. The second-order valence-electron chi connectivity index (χ2n) is 3.18. The minimum atomic E-state index is -0.463. The van der Waals surface area contributed by atoms with Gasteiger partial charge in [0.25, 0.3) is 5.56 Å². The van der Waals surface area contributed by atoms with Crippen LogP contribution in [0.5, 0.6) is 5.88 Å². The fourth-order valence-electron chi connectivity index (χ4n) is 1.42. The van der Waals surface area contributed by atoms with Crippen LogP contribution in [0.15, 0.2) is 35.1 Å². The molecule has 84 valence electrons. The first-order valence-corrected chi connectivity index (χ1v) is 4.92. The molecule has 0 aliphatic carbocycles. The summed E-state index contributed by atoms with van der Waals surface area (Å²) >= 11 is 0. The highest BCUT2D eigenvalue weighted by Gasteiger charge is 2.08. The summed E-state index contributed by atoms with van der Waals surface area (Å²) in [5.74, 6) is -0.134. The van der Waals surface area contributed by atoms with Gasteiger partial charge in [0.2, 0.25) is 5.88 Å². The number of aromatic amines is 1. The second-order valence-corrected chi connectivity index (χ2v) is 3.18. The number of benzene rings is 1. The largest absolute Gasteiger partial charge is 0.478 e. The molecule has 0 saturated heterocycles. The van der Waals surface area contributed by atoms with Crippen LogP contribution in [0.2, 0.25) is 0 Å². The second kappa shape index (κ2) is 4.22. The van der Waals surface area contributed by atoms with Gasteiger partial charge >= 0.3 is 0 Å². The van der Waals surface area contributed by atoms with Crippen LogP contribution >= 0.6 is 0 Å². The summed E-state index contributed by atoms with van der Waals surface area (Å²) in [6.45, 7) is 2.25. The lowest BCUT2D eigenvalue weighted by Crippen LogP contribution is -2.14. The molecule has 2 aromatic rings. The number of halogens is 1. The molecule has 0 amide bonds. The predicted octanol–water partition coefficient (Wildman–Crippen LogP) is 1.70. The average molecular weight is 222 g/mol. The lowest BCUT2D eigenvalue weighted by molar-refractivity contribution is 0.324. The normalized spacial score (nSPS) is 10.4. The van der Waals surface area contributed by atoms with E-state index in [0.29, 0.717) is 12.5 Å². The van der Waals surface area contributed by atoms with Crippen molar-refractivity contribution in [2.24, 2.45) is 0 Å². The van der Waals surface area contributed by atoms with Gasteiger partial charge in [-0.1, -0.05) is 12.1 Å². The third kappa shape index (κ3) is 1.84. The molecule has 4 nitrogen and oxygen atoms in total. The predicted molar refractivity (Wildman–Crippen MR) is 57.5 cm³/mol. The van der Waals surface area contributed by atoms with Gasteiger partial charge in [-0.25, -0.2) is 9.07 Å². The number of aromatic nitrogens is 2. The zero-order valence-corrected chi connectivity index (χ0v) is 8.74. The van der Waals surface area contributed by atoms with Crippen molar-refractivity contribution >= 4 is 0 Å². The highest BCUT2D eigenvalue weighted by molar-refractivity contribution is 5.33. The van der Waals surface area contributed by atoms with Gasteiger partial charge in [0.05, 0.1) is 12.7 Å². The minimum absolute atomic E-state index is 0.179. The van der Waals surface area contributed by atoms with E-state index in [0.717, 1.165) is 4.68 Å². The van der Waals surface area contributed by atoms with E-state index in [2.05, 4.69) is 5.10 Å². The Bertz CT molecular complexity index is 545. The first-order chi connectivity index (χ1) is 7.72. The number of rotatable bonds is 3. The smallest absolute Gasteiger partial charge is 0.275 e. The van der Waals surface area contributed by atoms with Gasteiger partial charge in [-0.05, 0) is 19.1 Å². The lowest BCUT2D eigenvalue weighted by Gasteiger charge is -2.03. The quantitative estimate of drug-likeness (QED) is 0.859. The molecule has 0 spiro atoms. The van der Waals surface area contributed by atoms with E-state index in [9.17, 15) is 9.18 Å². The van der Waals surface area contributed by atoms with Gasteiger partial charge in [-0.3, -0.25) is 9.89 Å². The highest BCUT2D eigenvalue weighted by atomic mass is 19.1. The summed E-state index contributed by atoms with van der Waals surface area (Å²) in [7, 11) is 0. The molecule has 2 rings (SSSR count). The van der Waals surface area contributed by atoms with Crippen LogP contribution in [0.1, 0.15) is 6.92 Å². The molecule has 0 saturated carbocycles. The Morgan fingerprint density at radius 1 is 1.44 bits per heavy atom. The van der Waals surface area contributed by atoms with Gasteiger partial charge < -0.3 is 4.74 Å². The van der Waals surface area contributed by atoms with Gasteiger partial charge in [0, 0.05) is 0 Å². The van der Waals surface area contributed by atoms with E-state index >= 15 is 0 Å². The number of ether oxygens (including phenoxy) is 1. The molecular weight excluding hydrogens is 211 g/mol. The third-order valence-electron chi connectivity index (χ3n) is 2.09. The van der Waals surface area contributed by atoms with Crippen LogP contribution in [-0.4, -0.2) is 16.4 Å². The van der Waals surface area contributed by atoms with E-state index in [1.165, 1.54) is 18.2 Å². The van der Waals surface area contributed by atoms with Gasteiger partial charge in [-0.2, -0.15) is 0 Å². The Labute approximate surface area is 91.3 Å². The number of hydrogen-bond donors (Lipinski definition) is 1.